The Bertz CT molecular complexity index is 631. The van der Waals surface area contributed by atoms with Crippen LogP contribution in [0.3, 0.4) is 0 Å². The van der Waals surface area contributed by atoms with Crippen LogP contribution in [0.25, 0.3) is 0 Å². The lowest BCUT2D eigenvalue weighted by atomic mass is 10.2. The Morgan fingerprint density at radius 3 is 3.00 bits per heavy atom. The largest absolute Gasteiger partial charge is 0.394 e. The van der Waals surface area contributed by atoms with Crippen LogP contribution >= 0.6 is 0 Å². The van der Waals surface area contributed by atoms with Crippen molar-refractivity contribution in [2.75, 3.05) is 13.1 Å². The highest BCUT2D eigenvalue weighted by molar-refractivity contribution is 6.06. The van der Waals surface area contributed by atoms with Crippen molar-refractivity contribution >= 4 is 18.1 Å². The van der Waals surface area contributed by atoms with E-state index in [2.05, 4.69) is 28.5 Å². The second-order valence-electron chi connectivity index (χ2n) is 4.79. The van der Waals surface area contributed by atoms with Crippen LogP contribution in [0.5, 0.6) is 0 Å². The molecule has 0 fully saturated rings. The molecule has 0 spiro atoms. The molecule has 0 aromatic heterocycles. The Labute approximate surface area is 115 Å². The fourth-order valence-electron chi connectivity index (χ4n) is 2.80. The van der Waals surface area contributed by atoms with E-state index >= 15 is 0 Å². The summed E-state index contributed by atoms with van der Waals surface area (Å²) in [5.41, 5.74) is 0.685. The molecule has 0 aliphatic carbocycles. The van der Waals surface area contributed by atoms with E-state index in [0.717, 1.165) is 0 Å². The number of nitrogens with one attached hydrogen (secondary N) is 1. The molecule has 3 heterocycles. The number of hydrogen-bond donors (Lipinski definition) is 1. The average Bonchev–Trinajstić information content (AvgIpc) is 2.86. The summed E-state index contributed by atoms with van der Waals surface area (Å²) >= 11 is 0. The Morgan fingerprint density at radius 1 is 1.50 bits per heavy atom. The highest BCUT2D eigenvalue weighted by Gasteiger charge is 2.68. The van der Waals surface area contributed by atoms with Crippen molar-refractivity contribution in [3.05, 3.63) is 41.6 Å². The first kappa shape index (κ1) is 12.6. The van der Waals surface area contributed by atoms with Crippen LogP contribution < -0.4 is 5.32 Å². The smallest absolute Gasteiger partial charge is 0.249 e. The molecule has 3 aliphatic rings. The summed E-state index contributed by atoms with van der Waals surface area (Å²) in [4.78, 5) is 34.5. The van der Waals surface area contributed by atoms with Crippen LogP contribution in [0.4, 0.5) is 0 Å². The number of amidine groups is 1. The third-order valence-corrected chi connectivity index (χ3v) is 3.66. The lowest BCUT2D eigenvalue weighted by molar-refractivity contribution is -1.22. The number of amides is 1. The molecule has 3 rings (SSSR count). The number of hydrogen-bond acceptors (Lipinski definition) is 5. The maximum atomic E-state index is 12.7. The minimum atomic E-state index is -0.557. The fourth-order valence-corrected chi connectivity index (χ4v) is 2.80. The average molecular weight is 273 g/mol. The molecule has 102 valence electrons. The molecule has 0 aromatic carbocycles. The minimum absolute atomic E-state index is 0.184. The van der Waals surface area contributed by atoms with Gasteiger partial charge in [-0.25, -0.2) is 20.1 Å². The van der Waals surface area contributed by atoms with Gasteiger partial charge in [-0.05, 0) is 11.0 Å². The number of nitrogens with zero attached hydrogens (tertiary/aromatic N) is 4. The molecule has 1 N–H and O–H groups in total. The standard InChI is InChI=1S/C13H15N5O2/c1-3-5-10-13(19)18(6-4-2)12(16-10)9-7-14-8-15-11(9)17(18)20/h3-4,8,10H,1-2,5-7H2,(H,14,15)/q+2. The van der Waals surface area contributed by atoms with Gasteiger partial charge in [0, 0.05) is 11.0 Å². The van der Waals surface area contributed by atoms with E-state index in [-0.39, 0.29) is 12.5 Å². The van der Waals surface area contributed by atoms with Gasteiger partial charge in [-0.3, -0.25) is 0 Å². The molecule has 7 nitrogen and oxygen atoms in total. The number of quaternary nitrogens is 1. The summed E-state index contributed by atoms with van der Waals surface area (Å²) in [6.07, 6.45) is 5.09. The highest BCUT2D eigenvalue weighted by atomic mass is 16.4. The normalized spacial score (nSPS) is 30.8. The first-order valence-corrected chi connectivity index (χ1v) is 6.35. The Morgan fingerprint density at radius 2 is 2.30 bits per heavy atom. The van der Waals surface area contributed by atoms with Crippen molar-refractivity contribution in [3.8, 4) is 0 Å². The molecular formula is C13H15N5O2+2. The zero-order valence-corrected chi connectivity index (χ0v) is 11.0. The maximum absolute atomic E-state index is 12.7. The molecule has 0 saturated carbocycles. The molecule has 2 unspecified atom stereocenters. The van der Waals surface area contributed by atoms with Crippen molar-refractivity contribution in [1.29, 1.82) is 0 Å². The van der Waals surface area contributed by atoms with Crippen LogP contribution in [0.2, 0.25) is 0 Å². The molecule has 3 aliphatic heterocycles. The lowest BCUT2D eigenvalue weighted by Crippen LogP contribution is -2.58. The maximum Gasteiger partial charge on any atom is 0.394 e. The Kier molecular flexibility index (Phi) is 2.72. The van der Waals surface area contributed by atoms with E-state index in [0.29, 0.717) is 35.1 Å². The van der Waals surface area contributed by atoms with Crippen LogP contribution in [0.1, 0.15) is 6.42 Å². The van der Waals surface area contributed by atoms with Crippen LogP contribution in [-0.4, -0.2) is 46.7 Å². The number of carbonyl (C=O) groups excluding carboxylic acids is 1. The van der Waals surface area contributed by atoms with Crippen LogP contribution in [-0.2, 0) is 4.79 Å². The zero-order valence-electron chi connectivity index (χ0n) is 11.0. The van der Waals surface area contributed by atoms with Crippen molar-refractivity contribution < 1.29 is 14.3 Å². The van der Waals surface area contributed by atoms with E-state index in [9.17, 15) is 9.70 Å². The van der Waals surface area contributed by atoms with Crippen LogP contribution in [0.15, 0.2) is 46.7 Å². The SMILES string of the molecule is C=CCC1N=C2C3=C(NC=NC3)[N+](=O)[N+]2(CC=C)C1=O. The molecule has 1 amide bonds. The number of nitroso groups, excluding NO2 is 1. The van der Waals surface area contributed by atoms with Gasteiger partial charge in [0.1, 0.15) is 0 Å². The van der Waals surface area contributed by atoms with E-state index in [4.69, 9.17) is 0 Å². The molecule has 0 aromatic rings. The third-order valence-electron chi connectivity index (χ3n) is 3.66. The van der Waals surface area contributed by atoms with Crippen LogP contribution in [0, 0.1) is 4.91 Å². The molecule has 0 saturated heterocycles. The monoisotopic (exact) mass is 273 g/mol. The summed E-state index contributed by atoms with van der Waals surface area (Å²) < 4.78 is -0.469. The number of fused-ring (bicyclic) bond motifs is 2. The molecule has 0 bridgehead atoms. The summed E-state index contributed by atoms with van der Waals surface area (Å²) in [6.45, 7) is 7.83. The van der Waals surface area contributed by atoms with Gasteiger partial charge in [0.2, 0.25) is 0 Å². The molecule has 2 atom stereocenters. The predicted molar refractivity (Wildman–Crippen MR) is 73.5 cm³/mol. The molecule has 0 radical (unpaired) electrons. The third kappa shape index (κ3) is 1.35. The van der Waals surface area contributed by atoms with Crippen molar-refractivity contribution in [3.63, 3.8) is 0 Å². The van der Waals surface area contributed by atoms with Crippen molar-refractivity contribution in [2.24, 2.45) is 9.98 Å². The van der Waals surface area contributed by atoms with Gasteiger partial charge in [-0.15, -0.1) is 6.58 Å². The molecule has 20 heavy (non-hydrogen) atoms. The van der Waals surface area contributed by atoms with Crippen molar-refractivity contribution in [1.82, 2.24) is 5.32 Å². The first-order chi connectivity index (χ1) is 9.66. The highest BCUT2D eigenvalue weighted by Crippen LogP contribution is 2.36. The number of carbonyl (C=O) groups is 1. The van der Waals surface area contributed by atoms with Gasteiger partial charge in [0.15, 0.2) is 29.4 Å². The second-order valence-corrected chi connectivity index (χ2v) is 4.79. The van der Waals surface area contributed by atoms with E-state index in [1.165, 1.54) is 6.34 Å². The van der Waals surface area contributed by atoms with E-state index in [1.807, 2.05) is 0 Å². The van der Waals surface area contributed by atoms with Gasteiger partial charge in [0.05, 0.1) is 6.54 Å². The number of aliphatic imine (C=N–C) groups is 2. The fraction of sp³-hybridized carbons (Fsp3) is 0.308. The summed E-state index contributed by atoms with van der Waals surface area (Å²) in [7, 11) is 0. The van der Waals surface area contributed by atoms with E-state index in [1.54, 1.807) is 12.2 Å². The minimum Gasteiger partial charge on any atom is -0.249 e. The van der Waals surface area contributed by atoms with Gasteiger partial charge < -0.3 is 0 Å². The second kappa shape index (κ2) is 4.31. The van der Waals surface area contributed by atoms with Crippen molar-refractivity contribution in [2.45, 2.75) is 12.5 Å². The zero-order chi connectivity index (χ0) is 14.3. The lowest BCUT2D eigenvalue weighted by Gasteiger charge is -2.18. The molecular weight excluding hydrogens is 258 g/mol. The topological polar surface area (TPSA) is 73.9 Å². The predicted octanol–water partition coefficient (Wildman–Crippen LogP) is 0.423. The first-order valence-electron chi connectivity index (χ1n) is 6.35. The summed E-state index contributed by atoms with van der Waals surface area (Å²) in [5.74, 6) is 0.591. The van der Waals surface area contributed by atoms with Gasteiger partial charge >= 0.3 is 11.7 Å². The quantitative estimate of drug-likeness (QED) is 0.458. The summed E-state index contributed by atoms with van der Waals surface area (Å²) in [6, 6.07) is -0.557. The molecule has 7 heteroatoms. The Balaban J connectivity index is 2.14. The Hall–Kier alpha value is -2.41. The van der Waals surface area contributed by atoms with Gasteiger partial charge in [-0.1, -0.05) is 12.7 Å². The van der Waals surface area contributed by atoms with E-state index < -0.39 is 10.6 Å². The number of rotatable bonds is 4. The van der Waals surface area contributed by atoms with Gasteiger partial charge in [0.25, 0.3) is 5.84 Å². The summed E-state index contributed by atoms with van der Waals surface area (Å²) in [5, 5.41) is 2.81. The van der Waals surface area contributed by atoms with Gasteiger partial charge in [-0.2, -0.15) is 0 Å².